The SMILES string of the molecule is COc1cc(-c2nc(Cn3ccn4nc5c(c4c3=O)CCCC5)c(C)o2)cc(OC)c1OC. The minimum atomic E-state index is -0.0649. The molecule has 9 heteroatoms. The molecule has 9 nitrogen and oxygen atoms in total. The Morgan fingerprint density at radius 3 is 2.45 bits per heavy atom. The first-order chi connectivity index (χ1) is 16.0. The maximum absolute atomic E-state index is 13.3. The molecule has 0 unspecified atom stereocenters. The van der Waals surface area contributed by atoms with Crippen LogP contribution in [0.15, 0.2) is 33.7 Å². The summed E-state index contributed by atoms with van der Waals surface area (Å²) in [4.78, 5) is 18.0. The highest BCUT2D eigenvalue weighted by Crippen LogP contribution is 2.41. The summed E-state index contributed by atoms with van der Waals surface area (Å²) in [6.07, 6.45) is 7.62. The zero-order valence-electron chi connectivity index (χ0n) is 19.2. The molecule has 0 saturated carbocycles. The Hall–Kier alpha value is -3.75. The quantitative estimate of drug-likeness (QED) is 0.444. The topological polar surface area (TPSA) is 93.0 Å². The van der Waals surface area contributed by atoms with Gasteiger partial charge in [-0.25, -0.2) is 9.50 Å². The van der Waals surface area contributed by atoms with Crippen LogP contribution in [0, 0.1) is 6.92 Å². The van der Waals surface area contributed by atoms with Crippen molar-refractivity contribution in [2.75, 3.05) is 21.3 Å². The predicted octanol–water partition coefficient (Wildman–Crippen LogP) is 3.41. The molecular weight excluding hydrogens is 424 g/mol. The van der Waals surface area contributed by atoms with Gasteiger partial charge in [0, 0.05) is 23.5 Å². The number of benzene rings is 1. The molecule has 0 saturated heterocycles. The van der Waals surface area contributed by atoms with Gasteiger partial charge < -0.3 is 23.2 Å². The van der Waals surface area contributed by atoms with Crippen LogP contribution in [0.25, 0.3) is 17.0 Å². The maximum atomic E-state index is 13.3. The fraction of sp³-hybridized carbons (Fsp3) is 0.375. The zero-order valence-corrected chi connectivity index (χ0v) is 19.2. The highest BCUT2D eigenvalue weighted by Gasteiger charge is 2.21. The predicted molar refractivity (Wildman–Crippen MR) is 122 cm³/mol. The summed E-state index contributed by atoms with van der Waals surface area (Å²) in [5.74, 6) is 2.57. The van der Waals surface area contributed by atoms with Crippen molar-refractivity contribution >= 4 is 5.52 Å². The number of hydrogen-bond acceptors (Lipinski definition) is 7. The monoisotopic (exact) mass is 450 g/mol. The molecule has 1 aliphatic rings. The molecule has 3 heterocycles. The number of ether oxygens (including phenoxy) is 3. The van der Waals surface area contributed by atoms with Crippen LogP contribution in [0.2, 0.25) is 0 Å². The number of hydrogen-bond donors (Lipinski definition) is 0. The number of oxazole rings is 1. The minimum absolute atomic E-state index is 0.0649. The maximum Gasteiger partial charge on any atom is 0.277 e. The van der Waals surface area contributed by atoms with E-state index in [1.54, 1.807) is 48.7 Å². The third kappa shape index (κ3) is 3.53. The van der Waals surface area contributed by atoms with Crippen molar-refractivity contribution < 1.29 is 18.6 Å². The first-order valence-electron chi connectivity index (χ1n) is 10.9. The molecule has 33 heavy (non-hydrogen) atoms. The minimum Gasteiger partial charge on any atom is -0.493 e. The van der Waals surface area contributed by atoms with Crippen molar-refractivity contribution in [3.63, 3.8) is 0 Å². The summed E-state index contributed by atoms with van der Waals surface area (Å²) >= 11 is 0. The number of aryl methyl sites for hydroxylation is 3. The molecule has 0 N–H and O–H groups in total. The molecule has 1 aliphatic carbocycles. The van der Waals surface area contributed by atoms with E-state index in [4.69, 9.17) is 18.6 Å². The Balaban J connectivity index is 1.52. The first kappa shape index (κ1) is 21.1. The van der Waals surface area contributed by atoms with Gasteiger partial charge in [0.05, 0.1) is 33.6 Å². The van der Waals surface area contributed by atoms with Gasteiger partial charge in [-0.05, 0) is 44.7 Å². The van der Waals surface area contributed by atoms with Crippen molar-refractivity contribution in [2.24, 2.45) is 0 Å². The highest BCUT2D eigenvalue weighted by atomic mass is 16.5. The number of nitrogens with zero attached hydrogens (tertiary/aromatic N) is 4. The van der Waals surface area contributed by atoms with Gasteiger partial charge in [-0.2, -0.15) is 5.10 Å². The van der Waals surface area contributed by atoms with E-state index in [0.29, 0.717) is 52.2 Å². The van der Waals surface area contributed by atoms with Gasteiger partial charge in [0.1, 0.15) is 17.0 Å². The number of fused-ring (bicyclic) bond motifs is 3. The molecule has 5 rings (SSSR count). The normalized spacial score (nSPS) is 13.2. The Bertz CT molecular complexity index is 1370. The van der Waals surface area contributed by atoms with E-state index in [0.717, 1.165) is 36.9 Å². The van der Waals surface area contributed by atoms with Crippen molar-refractivity contribution in [3.05, 3.63) is 57.6 Å². The molecule has 0 radical (unpaired) electrons. The van der Waals surface area contributed by atoms with Crippen molar-refractivity contribution in [3.8, 4) is 28.7 Å². The lowest BCUT2D eigenvalue weighted by Crippen LogP contribution is -2.23. The lowest BCUT2D eigenvalue weighted by atomic mass is 9.97. The second-order valence-electron chi connectivity index (χ2n) is 8.09. The van der Waals surface area contributed by atoms with Crippen LogP contribution in [0.4, 0.5) is 0 Å². The summed E-state index contributed by atoms with van der Waals surface area (Å²) in [5.41, 5.74) is 4.09. The fourth-order valence-corrected chi connectivity index (χ4v) is 4.44. The first-order valence-corrected chi connectivity index (χ1v) is 10.9. The molecule has 0 bridgehead atoms. The number of methoxy groups -OCH3 is 3. The van der Waals surface area contributed by atoms with E-state index in [2.05, 4.69) is 10.1 Å². The van der Waals surface area contributed by atoms with Crippen molar-refractivity contribution in [2.45, 2.75) is 39.2 Å². The van der Waals surface area contributed by atoms with Crippen LogP contribution in [0.5, 0.6) is 17.2 Å². The Labute approximate surface area is 190 Å². The van der Waals surface area contributed by atoms with Crippen LogP contribution >= 0.6 is 0 Å². The second-order valence-corrected chi connectivity index (χ2v) is 8.09. The van der Waals surface area contributed by atoms with Gasteiger partial charge in [0.15, 0.2) is 11.5 Å². The molecule has 4 aromatic rings. The van der Waals surface area contributed by atoms with Crippen molar-refractivity contribution in [1.29, 1.82) is 0 Å². The summed E-state index contributed by atoms with van der Waals surface area (Å²) in [5, 5.41) is 4.61. The van der Waals surface area contributed by atoms with Crippen LogP contribution in [0.1, 0.15) is 35.6 Å². The van der Waals surface area contributed by atoms with Crippen LogP contribution in [-0.2, 0) is 19.4 Å². The van der Waals surface area contributed by atoms with Crippen LogP contribution < -0.4 is 19.8 Å². The fourth-order valence-electron chi connectivity index (χ4n) is 4.44. The molecule has 0 spiro atoms. The van der Waals surface area contributed by atoms with Gasteiger partial charge in [-0.1, -0.05) is 0 Å². The largest absolute Gasteiger partial charge is 0.493 e. The Morgan fingerprint density at radius 2 is 1.76 bits per heavy atom. The zero-order chi connectivity index (χ0) is 23.1. The summed E-state index contributed by atoms with van der Waals surface area (Å²) in [7, 11) is 4.68. The molecule has 0 aliphatic heterocycles. The van der Waals surface area contributed by atoms with E-state index in [1.165, 1.54) is 0 Å². The summed E-state index contributed by atoms with van der Waals surface area (Å²) in [6.45, 7) is 2.14. The van der Waals surface area contributed by atoms with Crippen LogP contribution in [-0.4, -0.2) is 40.5 Å². The molecule has 0 amide bonds. The molecule has 1 aromatic carbocycles. The second kappa shape index (κ2) is 8.31. The standard InChI is InChI=1S/C24H26N4O5/c1-14-18(25-23(33-14)15-11-19(30-2)22(32-4)20(12-15)31-3)13-27-9-10-28-21(24(27)29)16-7-5-6-8-17(16)26-28/h9-12H,5-8,13H2,1-4H3. The molecule has 0 fully saturated rings. The van der Waals surface area contributed by atoms with Gasteiger partial charge in [-0.3, -0.25) is 4.79 Å². The van der Waals surface area contributed by atoms with Gasteiger partial charge in [0.2, 0.25) is 11.6 Å². The molecule has 3 aromatic heterocycles. The van der Waals surface area contributed by atoms with Crippen molar-refractivity contribution in [1.82, 2.24) is 19.2 Å². The van der Waals surface area contributed by atoms with Gasteiger partial charge >= 0.3 is 0 Å². The van der Waals surface area contributed by atoms with Gasteiger partial charge in [0.25, 0.3) is 5.56 Å². The van der Waals surface area contributed by atoms with Crippen LogP contribution in [0.3, 0.4) is 0 Å². The Morgan fingerprint density at radius 1 is 1.03 bits per heavy atom. The molecule has 0 atom stereocenters. The van der Waals surface area contributed by atoms with E-state index in [-0.39, 0.29) is 5.56 Å². The molecular formula is C24H26N4O5. The highest BCUT2D eigenvalue weighted by molar-refractivity contribution is 5.66. The van der Waals surface area contributed by atoms with E-state index < -0.39 is 0 Å². The third-order valence-corrected chi connectivity index (χ3v) is 6.16. The summed E-state index contributed by atoms with van der Waals surface area (Å²) in [6, 6.07) is 3.57. The summed E-state index contributed by atoms with van der Waals surface area (Å²) < 4.78 is 25.6. The smallest absolute Gasteiger partial charge is 0.277 e. The lowest BCUT2D eigenvalue weighted by molar-refractivity contribution is 0.324. The lowest BCUT2D eigenvalue weighted by Gasteiger charge is -2.12. The average Bonchev–Trinajstić information content (AvgIpc) is 3.40. The van der Waals surface area contributed by atoms with E-state index in [1.807, 2.05) is 13.1 Å². The average molecular weight is 450 g/mol. The third-order valence-electron chi connectivity index (χ3n) is 6.16. The number of aromatic nitrogens is 4. The van der Waals surface area contributed by atoms with E-state index >= 15 is 0 Å². The Kier molecular flexibility index (Phi) is 5.32. The number of rotatable bonds is 6. The van der Waals surface area contributed by atoms with E-state index in [9.17, 15) is 4.79 Å². The van der Waals surface area contributed by atoms with Gasteiger partial charge in [-0.15, -0.1) is 0 Å². The molecule has 172 valence electrons.